The molecule has 2 aromatic carbocycles. The molecule has 7 heteroatoms. The summed E-state index contributed by atoms with van der Waals surface area (Å²) in [5.41, 5.74) is 3.54. The third-order valence-corrected chi connectivity index (χ3v) is 5.25. The number of rotatable bonds is 7. The van der Waals surface area contributed by atoms with Crippen molar-refractivity contribution >= 4 is 23.1 Å². The van der Waals surface area contributed by atoms with Crippen molar-refractivity contribution in [2.75, 3.05) is 19.5 Å². The Kier molecular flexibility index (Phi) is 5.89. The van der Waals surface area contributed by atoms with E-state index in [4.69, 9.17) is 9.47 Å². The van der Waals surface area contributed by atoms with E-state index in [9.17, 15) is 9.59 Å². The van der Waals surface area contributed by atoms with E-state index in [2.05, 4.69) is 10.3 Å². The number of pyridine rings is 1. The second kappa shape index (κ2) is 8.93. The van der Waals surface area contributed by atoms with Crippen molar-refractivity contribution in [1.29, 1.82) is 0 Å². The standard InChI is InChI=1S/C25H23N3O4/c1-16-4-9-21(32-3)20(14-16)27-23-22(18-5-7-19(31-2)8-6-18)24(29)28(25(23)30)15-17-10-12-26-13-11-17/h4-14,27H,15H2,1-3H3. The van der Waals surface area contributed by atoms with Crippen molar-refractivity contribution in [3.8, 4) is 11.5 Å². The van der Waals surface area contributed by atoms with Crippen LogP contribution in [0.15, 0.2) is 72.7 Å². The van der Waals surface area contributed by atoms with Crippen LogP contribution in [0, 0.1) is 6.92 Å². The molecule has 0 atom stereocenters. The number of imide groups is 1. The molecule has 1 N–H and O–H groups in total. The highest BCUT2D eigenvalue weighted by atomic mass is 16.5. The van der Waals surface area contributed by atoms with Gasteiger partial charge in [0.15, 0.2) is 0 Å². The summed E-state index contributed by atoms with van der Waals surface area (Å²) in [5.74, 6) is 0.465. The van der Waals surface area contributed by atoms with Gasteiger partial charge >= 0.3 is 0 Å². The van der Waals surface area contributed by atoms with Crippen molar-refractivity contribution in [3.63, 3.8) is 0 Å². The van der Waals surface area contributed by atoms with E-state index < -0.39 is 5.91 Å². The largest absolute Gasteiger partial charge is 0.497 e. The molecule has 0 fully saturated rings. The van der Waals surface area contributed by atoms with Crippen molar-refractivity contribution < 1.29 is 19.1 Å². The number of hydrogen-bond donors (Lipinski definition) is 1. The normalized spacial score (nSPS) is 13.5. The van der Waals surface area contributed by atoms with Crippen LogP contribution in [0.3, 0.4) is 0 Å². The molecule has 4 rings (SSSR count). The van der Waals surface area contributed by atoms with E-state index in [-0.39, 0.29) is 18.1 Å². The van der Waals surface area contributed by atoms with E-state index in [0.29, 0.717) is 28.3 Å². The first-order valence-electron chi connectivity index (χ1n) is 10.1. The molecule has 0 unspecified atom stereocenters. The molecule has 0 bridgehead atoms. The summed E-state index contributed by atoms with van der Waals surface area (Å²) in [6.45, 7) is 2.09. The van der Waals surface area contributed by atoms with Crippen LogP contribution in [-0.2, 0) is 16.1 Å². The molecule has 0 spiro atoms. The van der Waals surface area contributed by atoms with Gasteiger partial charge in [0, 0.05) is 12.4 Å². The summed E-state index contributed by atoms with van der Waals surface area (Å²) in [5, 5.41) is 3.17. The predicted octanol–water partition coefficient (Wildman–Crippen LogP) is 3.80. The molecule has 7 nitrogen and oxygen atoms in total. The van der Waals surface area contributed by atoms with E-state index in [1.54, 1.807) is 63.0 Å². The lowest BCUT2D eigenvalue weighted by molar-refractivity contribution is -0.137. The second-order valence-electron chi connectivity index (χ2n) is 7.36. The number of nitrogens with one attached hydrogen (secondary N) is 1. The molecule has 2 amide bonds. The zero-order valence-electron chi connectivity index (χ0n) is 18.1. The SMILES string of the molecule is COc1ccc(C2=C(Nc3cc(C)ccc3OC)C(=O)N(Cc3ccncc3)C2=O)cc1. The maximum absolute atomic E-state index is 13.4. The van der Waals surface area contributed by atoms with Gasteiger partial charge in [0.25, 0.3) is 11.8 Å². The molecule has 3 aromatic rings. The van der Waals surface area contributed by atoms with Gasteiger partial charge in [0.05, 0.1) is 32.0 Å². The monoisotopic (exact) mass is 429 g/mol. The zero-order chi connectivity index (χ0) is 22.7. The number of methoxy groups -OCH3 is 2. The summed E-state index contributed by atoms with van der Waals surface area (Å²) >= 11 is 0. The topological polar surface area (TPSA) is 80.8 Å². The maximum atomic E-state index is 13.4. The summed E-state index contributed by atoms with van der Waals surface area (Å²) in [6.07, 6.45) is 3.27. The highest BCUT2D eigenvalue weighted by molar-refractivity contribution is 6.36. The van der Waals surface area contributed by atoms with E-state index in [0.717, 1.165) is 11.1 Å². The summed E-state index contributed by atoms with van der Waals surface area (Å²) in [7, 11) is 3.14. The Bertz CT molecular complexity index is 1190. The van der Waals surface area contributed by atoms with Gasteiger partial charge in [-0.25, -0.2) is 0 Å². The minimum Gasteiger partial charge on any atom is -0.497 e. The lowest BCUT2D eigenvalue weighted by Crippen LogP contribution is -2.32. The van der Waals surface area contributed by atoms with Crippen LogP contribution in [-0.4, -0.2) is 35.9 Å². The predicted molar refractivity (Wildman–Crippen MR) is 121 cm³/mol. The summed E-state index contributed by atoms with van der Waals surface area (Å²) in [4.78, 5) is 32.1. The van der Waals surface area contributed by atoms with Crippen molar-refractivity contribution in [2.24, 2.45) is 0 Å². The van der Waals surface area contributed by atoms with Crippen LogP contribution in [0.1, 0.15) is 16.7 Å². The number of aromatic nitrogens is 1. The molecule has 0 aliphatic carbocycles. The zero-order valence-corrected chi connectivity index (χ0v) is 18.1. The van der Waals surface area contributed by atoms with Crippen LogP contribution in [0.25, 0.3) is 5.57 Å². The number of ether oxygens (including phenoxy) is 2. The Hall–Kier alpha value is -4.13. The minimum atomic E-state index is -0.402. The van der Waals surface area contributed by atoms with Gasteiger partial charge < -0.3 is 14.8 Å². The quantitative estimate of drug-likeness (QED) is 0.576. The highest BCUT2D eigenvalue weighted by Crippen LogP contribution is 2.35. The maximum Gasteiger partial charge on any atom is 0.278 e. The molecule has 2 heterocycles. The molecule has 1 aliphatic rings. The number of carbonyl (C=O) groups is 2. The van der Waals surface area contributed by atoms with Crippen LogP contribution in [0.5, 0.6) is 11.5 Å². The molecule has 162 valence electrons. The molecule has 32 heavy (non-hydrogen) atoms. The van der Waals surface area contributed by atoms with Gasteiger partial charge in [0.2, 0.25) is 0 Å². The van der Waals surface area contributed by atoms with E-state index >= 15 is 0 Å². The van der Waals surface area contributed by atoms with Gasteiger partial charge in [-0.3, -0.25) is 19.5 Å². The van der Waals surface area contributed by atoms with Crippen LogP contribution in [0.2, 0.25) is 0 Å². The molecule has 0 saturated heterocycles. The number of anilines is 1. The third kappa shape index (κ3) is 4.05. The Labute approximate surface area is 186 Å². The molecule has 1 aliphatic heterocycles. The molecule has 0 radical (unpaired) electrons. The minimum absolute atomic E-state index is 0.149. The Morgan fingerprint density at radius 3 is 2.28 bits per heavy atom. The fourth-order valence-electron chi connectivity index (χ4n) is 3.59. The molecular weight excluding hydrogens is 406 g/mol. The van der Waals surface area contributed by atoms with Gasteiger partial charge in [-0.15, -0.1) is 0 Å². The molecule has 0 saturated carbocycles. The van der Waals surface area contributed by atoms with Crippen LogP contribution < -0.4 is 14.8 Å². The Balaban J connectivity index is 1.78. The van der Waals surface area contributed by atoms with Crippen LogP contribution in [0.4, 0.5) is 5.69 Å². The first-order valence-corrected chi connectivity index (χ1v) is 10.1. The Morgan fingerprint density at radius 1 is 0.906 bits per heavy atom. The molecular formula is C25H23N3O4. The average molecular weight is 429 g/mol. The fourth-order valence-corrected chi connectivity index (χ4v) is 3.59. The third-order valence-electron chi connectivity index (χ3n) is 5.25. The lowest BCUT2D eigenvalue weighted by Gasteiger charge is -2.16. The molecule has 1 aromatic heterocycles. The van der Waals surface area contributed by atoms with Crippen LogP contribution >= 0.6 is 0 Å². The average Bonchev–Trinajstić information content (AvgIpc) is 3.04. The number of hydrogen-bond acceptors (Lipinski definition) is 6. The lowest BCUT2D eigenvalue weighted by atomic mass is 10.0. The van der Waals surface area contributed by atoms with E-state index in [1.807, 2.05) is 25.1 Å². The first-order chi connectivity index (χ1) is 15.5. The van der Waals surface area contributed by atoms with Crippen molar-refractivity contribution in [2.45, 2.75) is 13.5 Å². The van der Waals surface area contributed by atoms with Gasteiger partial charge in [-0.05, 0) is 60.0 Å². The van der Waals surface area contributed by atoms with Crippen molar-refractivity contribution in [1.82, 2.24) is 9.88 Å². The number of aryl methyl sites for hydroxylation is 1. The number of carbonyl (C=O) groups excluding carboxylic acids is 2. The summed E-state index contributed by atoms with van der Waals surface area (Å²) in [6, 6.07) is 16.2. The number of nitrogens with zero attached hydrogens (tertiary/aromatic N) is 2. The number of amides is 2. The first kappa shape index (κ1) is 21.1. The van der Waals surface area contributed by atoms with Gasteiger partial charge in [0.1, 0.15) is 17.2 Å². The van der Waals surface area contributed by atoms with Gasteiger partial charge in [-0.1, -0.05) is 18.2 Å². The summed E-state index contributed by atoms with van der Waals surface area (Å²) < 4.78 is 10.7. The number of benzene rings is 2. The van der Waals surface area contributed by atoms with Gasteiger partial charge in [-0.2, -0.15) is 0 Å². The fraction of sp³-hybridized carbons (Fsp3) is 0.160. The smallest absolute Gasteiger partial charge is 0.278 e. The second-order valence-corrected chi connectivity index (χ2v) is 7.36. The van der Waals surface area contributed by atoms with Crippen molar-refractivity contribution in [3.05, 3.63) is 89.4 Å². The Morgan fingerprint density at radius 2 is 1.62 bits per heavy atom. The van der Waals surface area contributed by atoms with E-state index in [1.165, 1.54) is 4.90 Å². The highest BCUT2D eigenvalue weighted by Gasteiger charge is 2.39.